The van der Waals surface area contributed by atoms with Crippen LogP contribution in [0, 0.1) is 5.82 Å². The Kier molecular flexibility index (Phi) is 4.74. The zero-order chi connectivity index (χ0) is 13.7. The molecule has 0 saturated carbocycles. The third kappa shape index (κ3) is 3.92. The minimum Gasteiger partial charge on any atom is -0.508 e. The summed E-state index contributed by atoms with van der Waals surface area (Å²) < 4.78 is 13.4. The van der Waals surface area contributed by atoms with Crippen molar-refractivity contribution in [2.24, 2.45) is 0 Å². The van der Waals surface area contributed by atoms with E-state index in [1.807, 2.05) is 0 Å². The van der Waals surface area contributed by atoms with Gasteiger partial charge in [0.05, 0.1) is 5.56 Å². The summed E-state index contributed by atoms with van der Waals surface area (Å²) in [5.74, 6) is -1.31. The number of amides is 1. The van der Waals surface area contributed by atoms with E-state index in [0.29, 0.717) is 6.54 Å². The van der Waals surface area contributed by atoms with E-state index in [1.165, 1.54) is 25.0 Å². The highest BCUT2D eigenvalue weighted by molar-refractivity contribution is 5.94. The Balaban J connectivity index is 1.74. The zero-order valence-corrected chi connectivity index (χ0v) is 10.9. The van der Waals surface area contributed by atoms with Crippen LogP contribution in [0.1, 0.15) is 29.6 Å². The van der Waals surface area contributed by atoms with Crippen LogP contribution in [0.25, 0.3) is 0 Å². The van der Waals surface area contributed by atoms with Gasteiger partial charge in [-0.25, -0.2) is 4.39 Å². The molecule has 1 aromatic rings. The second-order valence-corrected chi connectivity index (χ2v) is 4.82. The lowest BCUT2D eigenvalue weighted by molar-refractivity contribution is 0.0948. The van der Waals surface area contributed by atoms with E-state index >= 15 is 0 Å². The van der Waals surface area contributed by atoms with Crippen molar-refractivity contribution in [3.8, 4) is 5.75 Å². The summed E-state index contributed by atoms with van der Waals surface area (Å²) in [6, 6.07) is 3.54. The highest BCUT2D eigenvalue weighted by Crippen LogP contribution is 2.14. The molecule has 0 unspecified atom stereocenters. The maximum absolute atomic E-state index is 13.4. The molecule has 2 rings (SSSR count). The summed E-state index contributed by atoms with van der Waals surface area (Å²) >= 11 is 0. The number of phenolic OH excluding ortho intramolecular Hbond substituents is 1. The van der Waals surface area contributed by atoms with Crippen molar-refractivity contribution < 1.29 is 14.3 Å². The normalized spacial score (nSPS) is 15.6. The van der Waals surface area contributed by atoms with Gasteiger partial charge in [-0.2, -0.15) is 0 Å². The van der Waals surface area contributed by atoms with E-state index in [9.17, 15) is 9.18 Å². The van der Waals surface area contributed by atoms with E-state index in [0.717, 1.165) is 32.1 Å². The van der Waals surface area contributed by atoms with Crippen LogP contribution in [0.4, 0.5) is 4.39 Å². The number of carbonyl (C=O) groups excluding carboxylic acids is 1. The predicted molar refractivity (Wildman–Crippen MR) is 70.7 cm³/mol. The smallest absolute Gasteiger partial charge is 0.254 e. The van der Waals surface area contributed by atoms with Gasteiger partial charge >= 0.3 is 0 Å². The molecule has 1 aromatic carbocycles. The van der Waals surface area contributed by atoms with E-state index in [-0.39, 0.29) is 11.3 Å². The number of halogens is 1. The van der Waals surface area contributed by atoms with Crippen molar-refractivity contribution in [1.82, 2.24) is 10.2 Å². The van der Waals surface area contributed by atoms with Crippen LogP contribution in [-0.4, -0.2) is 42.1 Å². The third-order valence-corrected chi connectivity index (χ3v) is 3.33. The van der Waals surface area contributed by atoms with Gasteiger partial charge in [-0.05, 0) is 51.0 Å². The molecule has 104 valence electrons. The Hall–Kier alpha value is -1.62. The number of hydrogen-bond donors (Lipinski definition) is 2. The first-order chi connectivity index (χ1) is 9.16. The number of nitrogens with one attached hydrogen (secondary N) is 1. The molecule has 0 radical (unpaired) electrons. The number of hydrogen-bond acceptors (Lipinski definition) is 3. The fourth-order valence-electron chi connectivity index (χ4n) is 2.29. The quantitative estimate of drug-likeness (QED) is 0.798. The van der Waals surface area contributed by atoms with Crippen LogP contribution < -0.4 is 5.32 Å². The van der Waals surface area contributed by atoms with Gasteiger partial charge in [-0.1, -0.05) is 0 Å². The van der Waals surface area contributed by atoms with Gasteiger partial charge in [-0.3, -0.25) is 4.79 Å². The average molecular weight is 266 g/mol. The Labute approximate surface area is 112 Å². The van der Waals surface area contributed by atoms with Crippen molar-refractivity contribution in [3.05, 3.63) is 29.6 Å². The molecule has 0 atom stereocenters. The number of carbonyl (C=O) groups is 1. The molecule has 0 aliphatic carbocycles. The van der Waals surface area contributed by atoms with Crippen LogP contribution in [0.5, 0.6) is 5.75 Å². The number of likely N-dealkylation sites (tertiary alicyclic amines) is 1. The van der Waals surface area contributed by atoms with Gasteiger partial charge < -0.3 is 15.3 Å². The van der Waals surface area contributed by atoms with Crippen LogP contribution >= 0.6 is 0 Å². The Bertz CT molecular complexity index is 445. The van der Waals surface area contributed by atoms with Crippen molar-refractivity contribution in [2.75, 3.05) is 26.2 Å². The molecule has 5 heteroatoms. The van der Waals surface area contributed by atoms with Crippen LogP contribution in [0.15, 0.2) is 18.2 Å². The van der Waals surface area contributed by atoms with Crippen molar-refractivity contribution in [2.45, 2.75) is 19.3 Å². The standard InChI is InChI=1S/C14H19FN2O2/c15-13-10-11(18)4-5-12(13)14(19)16-6-3-9-17-7-1-2-8-17/h4-5,10,18H,1-3,6-9H2,(H,16,19). The molecule has 1 amide bonds. The summed E-state index contributed by atoms with van der Waals surface area (Å²) in [5, 5.41) is 11.8. The Morgan fingerprint density at radius 2 is 2.11 bits per heavy atom. The molecule has 1 saturated heterocycles. The maximum atomic E-state index is 13.4. The van der Waals surface area contributed by atoms with E-state index in [2.05, 4.69) is 10.2 Å². The lowest BCUT2D eigenvalue weighted by atomic mass is 10.2. The van der Waals surface area contributed by atoms with E-state index < -0.39 is 11.7 Å². The van der Waals surface area contributed by atoms with Crippen LogP contribution in [0.2, 0.25) is 0 Å². The number of aromatic hydroxyl groups is 1. The topological polar surface area (TPSA) is 52.6 Å². The lowest BCUT2D eigenvalue weighted by Crippen LogP contribution is -2.29. The fourth-order valence-corrected chi connectivity index (χ4v) is 2.29. The molecular weight excluding hydrogens is 247 g/mol. The maximum Gasteiger partial charge on any atom is 0.254 e. The van der Waals surface area contributed by atoms with Crippen LogP contribution in [-0.2, 0) is 0 Å². The second-order valence-electron chi connectivity index (χ2n) is 4.82. The minimum atomic E-state index is -0.697. The SMILES string of the molecule is O=C(NCCCN1CCCC1)c1ccc(O)cc1F. The van der Waals surface area contributed by atoms with Crippen LogP contribution in [0.3, 0.4) is 0 Å². The molecule has 0 spiro atoms. The zero-order valence-electron chi connectivity index (χ0n) is 10.9. The lowest BCUT2D eigenvalue weighted by Gasteiger charge is -2.14. The summed E-state index contributed by atoms with van der Waals surface area (Å²) in [7, 11) is 0. The molecule has 1 aliphatic rings. The molecule has 0 aromatic heterocycles. The van der Waals surface area contributed by atoms with E-state index in [1.54, 1.807) is 0 Å². The predicted octanol–water partition coefficient (Wildman–Crippen LogP) is 1.75. The van der Waals surface area contributed by atoms with Crippen molar-refractivity contribution in [1.29, 1.82) is 0 Å². The van der Waals surface area contributed by atoms with Gasteiger partial charge in [0.2, 0.25) is 0 Å². The Morgan fingerprint density at radius 1 is 1.37 bits per heavy atom. The summed E-state index contributed by atoms with van der Waals surface area (Å²) in [5.41, 5.74) is -0.0287. The number of benzene rings is 1. The number of phenols is 1. The monoisotopic (exact) mass is 266 g/mol. The molecule has 0 bridgehead atoms. The van der Waals surface area contributed by atoms with Gasteiger partial charge in [0.25, 0.3) is 5.91 Å². The van der Waals surface area contributed by atoms with Gasteiger partial charge in [0.1, 0.15) is 11.6 Å². The third-order valence-electron chi connectivity index (χ3n) is 3.33. The molecule has 19 heavy (non-hydrogen) atoms. The van der Waals surface area contributed by atoms with Gasteiger partial charge in [0.15, 0.2) is 0 Å². The highest BCUT2D eigenvalue weighted by atomic mass is 19.1. The number of rotatable bonds is 5. The molecule has 1 fully saturated rings. The Morgan fingerprint density at radius 3 is 2.79 bits per heavy atom. The molecule has 4 nitrogen and oxygen atoms in total. The van der Waals surface area contributed by atoms with Gasteiger partial charge in [-0.15, -0.1) is 0 Å². The summed E-state index contributed by atoms with van der Waals surface area (Å²) in [6.07, 6.45) is 3.38. The molecule has 1 aliphatic heterocycles. The molecule has 2 N–H and O–H groups in total. The first kappa shape index (κ1) is 13.8. The average Bonchev–Trinajstić information content (AvgIpc) is 2.87. The van der Waals surface area contributed by atoms with Gasteiger partial charge in [0, 0.05) is 12.6 Å². The first-order valence-corrected chi connectivity index (χ1v) is 6.66. The first-order valence-electron chi connectivity index (χ1n) is 6.66. The van der Waals surface area contributed by atoms with Crippen molar-refractivity contribution in [3.63, 3.8) is 0 Å². The minimum absolute atomic E-state index is 0.0287. The second kappa shape index (κ2) is 6.52. The summed E-state index contributed by atoms with van der Waals surface area (Å²) in [4.78, 5) is 14.1. The highest BCUT2D eigenvalue weighted by Gasteiger charge is 2.13. The largest absolute Gasteiger partial charge is 0.508 e. The number of nitrogens with zero attached hydrogens (tertiary/aromatic N) is 1. The van der Waals surface area contributed by atoms with Crippen molar-refractivity contribution >= 4 is 5.91 Å². The molecular formula is C14H19FN2O2. The molecule has 1 heterocycles. The van der Waals surface area contributed by atoms with E-state index in [4.69, 9.17) is 5.11 Å². The fraction of sp³-hybridized carbons (Fsp3) is 0.500. The summed E-state index contributed by atoms with van der Waals surface area (Å²) in [6.45, 7) is 3.79.